The Morgan fingerprint density at radius 1 is 0.778 bits per heavy atom. The van der Waals surface area contributed by atoms with Gasteiger partial charge in [0.25, 0.3) is 0 Å². The molecule has 0 fully saturated rings. The molecular weight excluding hydrogens is 336 g/mol. The number of carbonyl (C=O) groups is 1. The number of ketones is 1. The third-order valence-corrected chi connectivity index (χ3v) is 4.31. The molecule has 3 rings (SSSR count). The molecule has 0 heterocycles. The molecule has 0 bridgehead atoms. The largest absolute Gasteiger partial charge is 0.489 e. The molecule has 0 atom stereocenters. The molecular formula is C24H24O3. The second-order valence-corrected chi connectivity index (χ2v) is 6.48. The zero-order valence-corrected chi connectivity index (χ0v) is 15.6. The third-order valence-electron chi connectivity index (χ3n) is 4.31. The summed E-state index contributed by atoms with van der Waals surface area (Å²) in [6.45, 7) is 3.33. The van der Waals surface area contributed by atoms with Gasteiger partial charge in [-0.15, -0.1) is 0 Å². The van der Waals surface area contributed by atoms with Crippen molar-refractivity contribution in [2.45, 2.75) is 26.6 Å². The van der Waals surface area contributed by atoms with Crippen LogP contribution in [0.5, 0.6) is 5.75 Å². The van der Waals surface area contributed by atoms with Crippen LogP contribution in [0.25, 0.3) is 0 Å². The van der Waals surface area contributed by atoms with Gasteiger partial charge >= 0.3 is 0 Å². The molecule has 0 spiro atoms. The number of Topliss-reactive ketones (excluding diaryl/α,β-unsaturated/α-hetero) is 1. The number of benzene rings is 3. The lowest BCUT2D eigenvalue weighted by atomic mass is 10.1. The van der Waals surface area contributed by atoms with Crippen LogP contribution in [0.2, 0.25) is 0 Å². The van der Waals surface area contributed by atoms with Crippen molar-refractivity contribution in [1.29, 1.82) is 0 Å². The smallest absolute Gasteiger partial charge is 0.159 e. The molecule has 0 aliphatic heterocycles. The quantitative estimate of drug-likeness (QED) is 0.387. The summed E-state index contributed by atoms with van der Waals surface area (Å²) in [4.78, 5) is 11.4. The lowest BCUT2D eigenvalue weighted by Crippen LogP contribution is -2.01. The first-order valence-corrected chi connectivity index (χ1v) is 9.14. The van der Waals surface area contributed by atoms with Gasteiger partial charge in [-0.1, -0.05) is 60.7 Å². The van der Waals surface area contributed by atoms with Gasteiger partial charge in [0, 0.05) is 5.56 Å². The first kappa shape index (κ1) is 18.9. The van der Waals surface area contributed by atoms with Crippen LogP contribution >= 0.6 is 0 Å². The van der Waals surface area contributed by atoms with Crippen LogP contribution in [0.15, 0.2) is 78.9 Å². The molecule has 0 unspecified atom stereocenters. The Balaban J connectivity index is 1.41. The summed E-state index contributed by atoms with van der Waals surface area (Å²) in [6, 6.07) is 25.8. The van der Waals surface area contributed by atoms with Crippen molar-refractivity contribution in [3.05, 3.63) is 101 Å². The molecule has 3 nitrogen and oxygen atoms in total. The van der Waals surface area contributed by atoms with Crippen LogP contribution in [-0.2, 0) is 24.4 Å². The zero-order chi connectivity index (χ0) is 18.9. The van der Waals surface area contributed by atoms with Gasteiger partial charge in [0.15, 0.2) is 5.78 Å². The van der Waals surface area contributed by atoms with Crippen LogP contribution in [0, 0.1) is 0 Å². The van der Waals surface area contributed by atoms with E-state index in [1.54, 1.807) is 6.92 Å². The van der Waals surface area contributed by atoms with Crippen LogP contribution < -0.4 is 4.74 Å². The second kappa shape index (κ2) is 9.70. The summed E-state index contributed by atoms with van der Waals surface area (Å²) in [5.74, 6) is 0.941. The van der Waals surface area contributed by atoms with Gasteiger partial charge in [-0.05, 0) is 48.2 Å². The monoisotopic (exact) mass is 360 g/mol. The zero-order valence-electron chi connectivity index (χ0n) is 15.6. The van der Waals surface area contributed by atoms with E-state index in [1.807, 2.05) is 78.9 Å². The number of ether oxygens (including phenoxy) is 2. The maximum atomic E-state index is 11.4. The summed E-state index contributed by atoms with van der Waals surface area (Å²) in [5, 5.41) is 0. The van der Waals surface area contributed by atoms with Crippen molar-refractivity contribution in [2.75, 3.05) is 6.61 Å². The first-order valence-electron chi connectivity index (χ1n) is 9.14. The molecule has 0 amide bonds. The summed E-state index contributed by atoms with van der Waals surface area (Å²) >= 11 is 0. The summed E-state index contributed by atoms with van der Waals surface area (Å²) in [7, 11) is 0. The molecule has 3 aromatic carbocycles. The van der Waals surface area contributed by atoms with Crippen LogP contribution in [0.4, 0.5) is 0 Å². The number of hydrogen-bond acceptors (Lipinski definition) is 3. The minimum absolute atomic E-state index is 0.0901. The summed E-state index contributed by atoms with van der Waals surface area (Å²) < 4.78 is 11.6. The molecule has 0 aliphatic carbocycles. The van der Waals surface area contributed by atoms with Crippen molar-refractivity contribution in [3.63, 3.8) is 0 Å². The topological polar surface area (TPSA) is 35.5 Å². The number of rotatable bonds is 9. The van der Waals surface area contributed by atoms with Gasteiger partial charge in [0.2, 0.25) is 0 Å². The standard InChI is InChI=1S/C24H24O3/c1-19(25)23-9-5-8-20(16-23)14-15-26-17-22-10-12-24(13-11-22)27-18-21-6-3-2-4-7-21/h2-13,16H,14-15,17-18H2,1H3. The fraction of sp³-hybridized carbons (Fsp3) is 0.208. The average Bonchev–Trinajstić information content (AvgIpc) is 2.71. The maximum absolute atomic E-state index is 11.4. The van der Waals surface area contributed by atoms with E-state index in [-0.39, 0.29) is 5.78 Å². The highest BCUT2D eigenvalue weighted by Gasteiger charge is 2.01. The van der Waals surface area contributed by atoms with E-state index in [9.17, 15) is 4.79 Å². The maximum Gasteiger partial charge on any atom is 0.159 e. The highest BCUT2D eigenvalue weighted by molar-refractivity contribution is 5.94. The molecule has 3 aromatic rings. The van der Waals surface area contributed by atoms with E-state index in [4.69, 9.17) is 9.47 Å². The van der Waals surface area contributed by atoms with Crippen LogP contribution in [0.1, 0.15) is 34.0 Å². The Hall–Kier alpha value is -2.91. The van der Waals surface area contributed by atoms with Crippen LogP contribution in [-0.4, -0.2) is 12.4 Å². The Kier molecular flexibility index (Phi) is 6.78. The Morgan fingerprint density at radius 3 is 2.22 bits per heavy atom. The highest BCUT2D eigenvalue weighted by atomic mass is 16.5. The average molecular weight is 360 g/mol. The molecule has 0 aromatic heterocycles. The summed E-state index contributed by atoms with van der Waals surface area (Å²) in [6.07, 6.45) is 0.791. The molecule has 138 valence electrons. The van der Waals surface area contributed by atoms with Crippen LogP contribution in [0.3, 0.4) is 0 Å². The molecule has 0 radical (unpaired) electrons. The molecule has 27 heavy (non-hydrogen) atoms. The van der Waals surface area contributed by atoms with Crippen molar-refractivity contribution in [3.8, 4) is 5.75 Å². The Bertz CT molecular complexity index is 854. The summed E-state index contributed by atoms with van der Waals surface area (Å²) in [5.41, 5.74) is 4.13. The van der Waals surface area contributed by atoms with Crippen molar-refractivity contribution in [1.82, 2.24) is 0 Å². The normalized spacial score (nSPS) is 10.6. The van der Waals surface area contributed by atoms with E-state index in [0.29, 0.717) is 19.8 Å². The van der Waals surface area contributed by atoms with Crippen molar-refractivity contribution >= 4 is 5.78 Å². The number of carbonyl (C=O) groups excluding carboxylic acids is 1. The Labute approximate surface area is 160 Å². The lowest BCUT2D eigenvalue weighted by Gasteiger charge is -2.08. The third kappa shape index (κ3) is 6.08. The first-order chi connectivity index (χ1) is 13.2. The fourth-order valence-corrected chi connectivity index (χ4v) is 2.75. The van der Waals surface area contributed by atoms with Gasteiger partial charge in [-0.2, -0.15) is 0 Å². The fourth-order valence-electron chi connectivity index (χ4n) is 2.75. The second-order valence-electron chi connectivity index (χ2n) is 6.48. The van der Waals surface area contributed by atoms with Gasteiger partial charge in [0.1, 0.15) is 12.4 Å². The Morgan fingerprint density at radius 2 is 1.48 bits per heavy atom. The van der Waals surface area contributed by atoms with Gasteiger partial charge in [-0.25, -0.2) is 0 Å². The van der Waals surface area contributed by atoms with Gasteiger partial charge in [0.05, 0.1) is 13.2 Å². The highest BCUT2D eigenvalue weighted by Crippen LogP contribution is 2.15. The minimum atomic E-state index is 0.0901. The van der Waals surface area contributed by atoms with Gasteiger partial charge in [-0.3, -0.25) is 4.79 Å². The van der Waals surface area contributed by atoms with E-state index < -0.39 is 0 Å². The van der Waals surface area contributed by atoms with E-state index >= 15 is 0 Å². The predicted octanol–water partition coefficient (Wildman–Crippen LogP) is 5.23. The SMILES string of the molecule is CC(=O)c1cccc(CCOCc2ccc(OCc3ccccc3)cc2)c1. The molecule has 0 saturated heterocycles. The lowest BCUT2D eigenvalue weighted by molar-refractivity contribution is 0.101. The van der Waals surface area contributed by atoms with Crippen molar-refractivity contribution in [2.24, 2.45) is 0 Å². The molecule has 3 heteroatoms. The molecule has 0 aliphatic rings. The van der Waals surface area contributed by atoms with E-state index in [2.05, 4.69) is 0 Å². The number of hydrogen-bond donors (Lipinski definition) is 0. The minimum Gasteiger partial charge on any atom is -0.489 e. The van der Waals surface area contributed by atoms with E-state index in [0.717, 1.165) is 34.4 Å². The molecule has 0 N–H and O–H groups in total. The van der Waals surface area contributed by atoms with Gasteiger partial charge < -0.3 is 9.47 Å². The molecule has 0 saturated carbocycles. The predicted molar refractivity (Wildman–Crippen MR) is 107 cm³/mol. The van der Waals surface area contributed by atoms with E-state index in [1.165, 1.54) is 0 Å². The van der Waals surface area contributed by atoms with Crippen molar-refractivity contribution < 1.29 is 14.3 Å².